The van der Waals surface area contributed by atoms with E-state index >= 15 is 0 Å². The van der Waals surface area contributed by atoms with Crippen molar-refractivity contribution in [3.8, 4) is 0 Å². The minimum absolute atomic E-state index is 0.0153. The number of anilines is 2. The molecule has 1 aromatic heterocycles. The number of benzene rings is 1. The molecule has 1 aromatic carbocycles. The Labute approximate surface area is 174 Å². The van der Waals surface area contributed by atoms with Crippen molar-refractivity contribution in [2.45, 2.75) is 46.2 Å². The van der Waals surface area contributed by atoms with Crippen LogP contribution in [-0.4, -0.2) is 28.5 Å². The summed E-state index contributed by atoms with van der Waals surface area (Å²) >= 11 is 6.23. The van der Waals surface area contributed by atoms with E-state index < -0.39 is 11.2 Å². The number of hydrogen-bond donors (Lipinski definition) is 3. The first-order valence-corrected chi connectivity index (χ1v) is 10.2. The summed E-state index contributed by atoms with van der Waals surface area (Å²) in [6.07, 6.45) is 1.60. The van der Waals surface area contributed by atoms with Gasteiger partial charge in [-0.3, -0.25) is 24.0 Å². The number of halogens is 1. The zero-order valence-corrected chi connectivity index (χ0v) is 17.8. The number of aromatic amines is 1. The average molecular weight is 423 g/mol. The van der Waals surface area contributed by atoms with Crippen LogP contribution in [0, 0.1) is 0 Å². The molecule has 1 heterocycles. The number of amides is 1. The van der Waals surface area contributed by atoms with Crippen LogP contribution in [0.3, 0.4) is 0 Å². The Bertz CT molecular complexity index is 969. The van der Waals surface area contributed by atoms with E-state index in [-0.39, 0.29) is 36.5 Å². The van der Waals surface area contributed by atoms with Crippen LogP contribution in [0.1, 0.15) is 45.2 Å². The topological polar surface area (TPSA) is 118 Å². The fourth-order valence-electron chi connectivity index (χ4n) is 3.19. The summed E-state index contributed by atoms with van der Waals surface area (Å²) in [6, 6.07) is 7.43. The van der Waals surface area contributed by atoms with E-state index in [2.05, 4.69) is 4.98 Å². The predicted molar refractivity (Wildman–Crippen MR) is 115 cm³/mol. The van der Waals surface area contributed by atoms with Gasteiger partial charge in [0, 0.05) is 23.7 Å². The zero-order valence-electron chi connectivity index (χ0n) is 17.1. The molecule has 1 amide bonds. The predicted octanol–water partition coefficient (Wildman–Crippen LogP) is 1.25. The summed E-state index contributed by atoms with van der Waals surface area (Å²) in [4.78, 5) is 41.0. The van der Waals surface area contributed by atoms with Crippen LogP contribution >= 0.6 is 11.6 Å². The Morgan fingerprint density at radius 2 is 2.00 bits per heavy atom. The highest BCUT2D eigenvalue weighted by Crippen LogP contribution is 2.20. The summed E-state index contributed by atoms with van der Waals surface area (Å²) in [5, 5.41) is 2.49. The second-order valence-electron chi connectivity index (χ2n) is 6.89. The third-order valence-corrected chi connectivity index (χ3v) is 5.22. The van der Waals surface area contributed by atoms with E-state index in [1.807, 2.05) is 37.4 Å². The number of carbonyl (C=O) groups excluding carboxylic acids is 1. The van der Waals surface area contributed by atoms with Crippen molar-refractivity contribution in [2.24, 2.45) is 0 Å². The standard InChI is InChI=1S/C20H28ClN5O3/c1-4-6-11-26-18(22)17(19(28)24-20(26)29)25(5-2)16(27)12-23-13(3)14-9-7-8-10-15(14)21/h7-10,13,23H,4-6,11-12,22H2,1-3H3,(H,24,28,29)/p+1/t13-/m1/s1. The third kappa shape index (κ3) is 5.27. The summed E-state index contributed by atoms with van der Waals surface area (Å²) in [6.45, 7) is 6.45. The number of carbonyl (C=O) groups is 1. The first kappa shape index (κ1) is 22.7. The maximum atomic E-state index is 12.9. The molecule has 1 atom stereocenters. The zero-order chi connectivity index (χ0) is 21.6. The number of nitrogens with one attached hydrogen (secondary N) is 1. The van der Waals surface area contributed by atoms with Crippen LogP contribution in [0.2, 0.25) is 5.02 Å². The summed E-state index contributed by atoms with van der Waals surface area (Å²) in [5.41, 5.74) is 5.85. The number of nitrogen functional groups attached to an aromatic ring is 1. The smallest absolute Gasteiger partial charge is 0.330 e. The molecule has 0 bridgehead atoms. The Balaban J connectivity index is 2.24. The molecule has 0 saturated heterocycles. The molecule has 0 aliphatic heterocycles. The van der Waals surface area contributed by atoms with Gasteiger partial charge in [0.1, 0.15) is 11.9 Å². The summed E-state index contributed by atoms with van der Waals surface area (Å²) < 4.78 is 1.31. The molecule has 8 nitrogen and oxygen atoms in total. The highest BCUT2D eigenvalue weighted by atomic mass is 35.5. The van der Waals surface area contributed by atoms with Gasteiger partial charge in [-0.05, 0) is 26.3 Å². The molecular weight excluding hydrogens is 394 g/mol. The van der Waals surface area contributed by atoms with Crippen molar-refractivity contribution in [3.63, 3.8) is 0 Å². The summed E-state index contributed by atoms with van der Waals surface area (Å²) in [5.74, 6) is -0.258. The number of quaternary nitrogens is 1. The van der Waals surface area contributed by atoms with Crippen molar-refractivity contribution < 1.29 is 10.1 Å². The molecule has 29 heavy (non-hydrogen) atoms. The minimum atomic E-state index is -0.658. The highest BCUT2D eigenvalue weighted by molar-refractivity contribution is 6.31. The second kappa shape index (κ2) is 10.3. The number of aromatic nitrogens is 2. The quantitative estimate of drug-likeness (QED) is 0.563. The van der Waals surface area contributed by atoms with E-state index in [4.69, 9.17) is 17.3 Å². The van der Waals surface area contributed by atoms with Crippen molar-refractivity contribution >= 4 is 29.0 Å². The normalized spacial score (nSPS) is 12.0. The van der Waals surface area contributed by atoms with Crippen molar-refractivity contribution in [3.05, 3.63) is 55.7 Å². The molecule has 5 N–H and O–H groups in total. The van der Waals surface area contributed by atoms with Gasteiger partial charge in [-0.25, -0.2) is 4.79 Å². The Hall–Kier alpha value is -2.58. The van der Waals surface area contributed by atoms with Crippen LogP contribution in [0.25, 0.3) is 0 Å². The lowest BCUT2D eigenvalue weighted by molar-refractivity contribution is -0.682. The third-order valence-electron chi connectivity index (χ3n) is 4.88. The highest BCUT2D eigenvalue weighted by Gasteiger charge is 2.25. The fraction of sp³-hybridized carbons (Fsp3) is 0.450. The van der Waals surface area contributed by atoms with Gasteiger partial charge in [-0.15, -0.1) is 0 Å². The lowest BCUT2D eigenvalue weighted by Crippen LogP contribution is -2.87. The Kier molecular flexibility index (Phi) is 8.04. The minimum Gasteiger partial charge on any atom is -0.383 e. The van der Waals surface area contributed by atoms with Crippen molar-refractivity contribution in [1.29, 1.82) is 0 Å². The van der Waals surface area contributed by atoms with E-state index in [0.29, 0.717) is 11.6 Å². The van der Waals surface area contributed by atoms with Crippen LogP contribution in [-0.2, 0) is 11.3 Å². The second-order valence-corrected chi connectivity index (χ2v) is 7.29. The fourth-order valence-corrected chi connectivity index (χ4v) is 3.50. The van der Waals surface area contributed by atoms with Crippen LogP contribution in [0.5, 0.6) is 0 Å². The lowest BCUT2D eigenvalue weighted by Gasteiger charge is -2.23. The molecule has 9 heteroatoms. The molecular formula is C20H29ClN5O3+. The van der Waals surface area contributed by atoms with E-state index in [0.717, 1.165) is 18.4 Å². The van der Waals surface area contributed by atoms with Crippen LogP contribution < -0.4 is 27.2 Å². The van der Waals surface area contributed by atoms with E-state index in [1.54, 1.807) is 13.0 Å². The van der Waals surface area contributed by atoms with Gasteiger partial charge in [0.05, 0.1) is 0 Å². The number of likely N-dealkylation sites (N-methyl/N-ethyl adjacent to an activating group) is 1. The van der Waals surface area contributed by atoms with Gasteiger partial charge >= 0.3 is 5.69 Å². The molecule has 2 rings (SSSR count). The number of H-pyrrole nitrogens is 1. The SMILES string of the molecule is CCCCn1c(N)c(N(CC)C(=O)C[NH2+][C@H](C)c2ccccc2Cl)c(=O)[nH]c1=O. The maximum absolute atomic E-state index is 12.9. The van der Waals surface area contributed by atoms with E-state index in [1.165, 1.54) is 9.47 Å². The monoisotopic (exact) mass is 422 g/mol. The van der Waals surface area contributed by atoms with Crippen molar-refractivity contribution in [2.75, 3.05) is 23.7 Å². The molecule has 0 fully saturated rings. The molecule has 0 aliphatic carbocycles. The van der Waals surface area contributed by atoms with Crippen LogP contribution in [0.4, 0.5) is 11.5 Å². The van der Waals surface area contributed by atoms with Gasteiger partial charge in [-0.1, -0.05) is 43.1 Å². The molecule has 2 aromatic rings. The maximum Gasteiger partial charge on any atom is 0.330 e. The molecule has 0 spiro atoms. The Morgan fingerprint density at radius 1 is 1.31 bits per heavy atom. The molecule has 158 valence electrons. The first-order valence-electron chi connectivity index (χ1n) is 9.82. The molecule has 0 saturated carbocycles. The van der Waals surface area contributed by atoms with E-state index in [9.17, 15) is 14.4 Å². The lowest BCUT2D eigenvalue weighted by atomic mass is 10.1. The van der Waals surface area contributed by atoms with Gasteiger partial charge in [0.25, 0.3) is 11.5 Å². The molecule has 0 aliphatic rings. The number of nitrogens with zero attached hydrogens (tertiary/aromatic N) is 2. The number of rotatable bonds is 9. The van der Waals surface area contributed by atoms with Gasteiger partial charge < -0.3 is 11.1 Å². The first-order chi connectivity index (χ1) is 13.8. The van der Waals surface area contributed by atoms with Crippen molar-refractivity contribution in [1.82, 2.24) is 9.55 Å². The number of nitrogens with two attached hydrogens (primary N) is 2. The largest absolute Gasteiger partial charge is 0.383 e. The number of hydrogen-bond acceptors (Lipinski definition) is 4. The van der Waals surface area contributed by atoms with Gasteiger partial charge in [-0.2, -0.15) is 0 Å². The average Bonchev–Trinajstić information content (AvgIpc) is 2.69. The molecule has 0 unspecified atom stereocenters. The van der Waals surface area contributed by atoms with Gasteiger partial charge in [0.15, 0.2) is 12.2 Å². The van der Waals surface area contributed by atoms with Gasteiger partial charge in [0.2, 0.25) is 0 Å². The van der Waals surface area contributed by atoms with Crippen LogP contribution in [0.15, 0.2) is 33.9 Å². The summed E-state index contributed by atoms with van der Waals surface area (Å²) in [7, 11) is 0. The molecule has 0 radical (unpaired) electrons. The Morgan fingerprint density at radius 3 is 2.62 bits per heavy atom. The number of unbranched alkanes of at least 4 members (excludes halogenated alkanes) is 1.